The van der Waals surface area contributed by atoms with Gasteiger partial charge in [0.2, 0.25) is 5.91 Å². The zero-order chi connectivity index (χ0) is 14.3. The number of nitrogens with one attached hydrogen (secondary N) is 1. The Morgan fingerprint density at radius 2 is 1.63 bits per heavy atom. The lowest BCUT2D eigenvalue weighted by atomic mass is 10.1. The van der Waals surface area contributed by atoms with Crippen molar-refractivity contribution in [2.24, 2.45) is 5.92 Å². The normalized spacial score (nSPS) is 17.6. The zero-order valence-electron chi connectivity index (χ0n) is 11.9. The van der Waals surface area contributed by atoms with E-state index >= 15 is 0 Å². The lowest BCUT2D eigenvalue weighted by molar-refractivity contribution is -0.139. The van der Waals surface area contributed by atoms with Gasteiger partial charge in [-0.3, -0.25) is 19.4 Å². The molecule has 0 atom stereocenters. The Kier molecular flexibility index (Phi) is 6.80. The lowest BCUT2D eigenvalue weighted by Gasteiger charge is -2.33. The van der Waals surface area contributed by atoms with E-state index in [1.807, 2.05) is 4.90 Å². The number of amides is 1. The Hall–Kier alpha value is -1.14. The SMILES string of the molecule is CC(C)CCNC(=O)CN1CCN(CC(=O)O)CC1. The maximum atomic E-state index is 11.7. The molecule has 0 unspecified atom stereocenters. The minimum atomic E-state index is -0.792. The number of hydrogen-bond donors (Lipinski definition) is 2. The van der Waals surface area contributed by atoms with E-state index in [2.05, 4.69) is 24.1 Å². The fraction of sp³-hybridized carbons (Fsp3) is 0.846. The van der Waals surface area contributed by atoms with Gasteiger partial charge in [0.1, 0.15) is 0 Å². The van der Waals surface area contributed by atoms with Crippen molar-refractivity contribution in [2.75, 3.05) is 45.8 Å². The van der Waals surface area contributed by atoms with Crippen LogP contribution in [0, 0.1) is 5.92 Å². The predicted octanol–water partition coefficient (Wildman–Crippen LogP) is -0.149. The van der Waals surface area contributed by atoms with E-state index in [1.54, 1.807) is 0 Å². The number of carboxylic acids is 1. The average molecular weight is 271 g/mol. The third kappa shape index (κ3) is 7.12. The summed E-state index contributed by atoms with van der Waals surface area (Å²) in [7, 11) is 0. The molecule has 0 saturated carbocycles. The summed E-state index contributed by atoms with van der Waals surface area (Å²) in [6, 6.07) is 0. The van der Waals surface area contributed by atoms with Gasteiger partial charge in [-0.25, -0.2) is 0 Å². The molecule has 0 aromatic rings. The highest BCUT2D eigenvalue weighted by Gasteiger charge is 2.19. The van der Waals surface area contributed by atoms with Gasteiger partial charge in [-0.15, -0.1) is 0 Å². The van der Waals surface area contributed by atoms with E-state index in [9.17, 15) is 9.59 Å². The number of carboxylic acid groups (broad SMARTS) is 1. The van der Waals surface area contributed by atoms with Crippen LogP contribution in [0.5, 0.6) is 0 Å². The zero-order valence-corrected chi connectivity index (χ0v) is 11.9. The molecule has 1 aliphatic rings. The summed E-state index contributed by atoms with van der Waals surface area (Å²) in [6.07, 6.45) is 0.998. The van der Waals surface area contributed by atoms with E-state index in [1.165, 1.54) is 0 Å². The lowest BCUT2D eigenvalue weighted by Crippen LogP contribution is -2.50. The van der Waals surface area contributed by atoms with Gasteiger partial charge in [0.15, 0.2) is 0 Å². The number of rotatable bonds is 7. The molecule has 0 bridgehead atoms. The Bertz CT molecular complexity index is 300. The predicted molar refractivity (Wildman–Crippen MR) is 73.0 cm³/mol. The van der Waals surface area contributed by atoms with Crippen LogP contribution in [0.15, 0.2) is 0 Å². The molecule has 1 saturated heterocycles. The molecule has 1 heterocycles. The smallest absolute Gasteiger partial charge is 0.317 e. The number of hydrogen-bond acceptors (Lipinski definition) is 4. The van der Waals surface area contributed by atoms with E-state index in [0.717, 1.165) is 26.1 Å². The number of carbonyl (C=O) groups is 2. The summed E-state index contributed by atoms with van der Waals surface area (Å²) in [6.45, 7) is 8.44. The summed E-state index contributed by atoms with van der Waals surface area (Å²) < 4.78 is 0. The largest absolute Gasteiger partial charge is 0.480 e. The molecule has 0 spiro atoms. The fourth-order valence-corrected chi connectivity index (χ4v) is 2.06. The number of aliphatic carboxylic acids is 1. The highest BCUT2D eigenvalue weighted by molar-refractivity contribution is 5.78. The van der Waals surface area contributed by atoms with Crippen LogP contribution in [0.2, 0.25) is 0 Å². The monoisotopic (exact) mass is 271 g/mol. The quantitative estimate of drug-likeness (QED) is 0.674. The summed E-state index contributed by atoms with van der Waals surface area (Å²) in [4.78, 5) is 26.2. The maximum absolute atomic E-state index is 11.7. The summed E-state index contributed by atoms with van der Waals surface area (Å²) in [5.74, 6) is -0.132. The molecule has 0 radical (unpaired) electrons. The van der Waals surface area contributed by atoms with Crippen LogP contribution in [-0.2, 0) is 9.59 Å². The van der Waals surface area contributed by atoms with Crippen molar-refractivity contribution in [1.82, 2.24) is 15.1 Å². The van der Waals surface area contributed by atoms with Crippen LogP contribution in [-0.4, -0.2) is 72.6 Å². The van der Waals surface area contributed by atoms with Crippen molar-refractivity contribution in [1.29, 1.82) is 0 Å². The molecule has 0 aromatic heterocycles. The first-order chi connectivity index (χ1) is 8.97. The standard InChI is InChI=1S/C13H25N3O3/c1-11(2)3-4-14-12(17)9-15-5-7-16(8-6-15)10-13(18)19/h11H,3-10H2,1-2H3,(H,14,17)(H,18,19). The van der Waals surface area contributed by atoms with Crippen LogP contribution < -0.4 is 5.32 Å². The van der Waals surface area contributed by atoms with E-state index in [-0.39, 0.29) is 12.5 Å². The molecule has 1 amide bonds. The van der Waals surface area contributed by atoms with Crippen molar-refractivity contribution in [2.45, 2.75) is 20.3 Å². The molecule has 0 aliphatic carbocycles. The fourth-order valence-electron chi connectivity index (χ4n) is 2.06. The highest BCUT2D eigenvalue weighted by atomic mass is 16.4. The van der Waals surface area contributed by atoms with Crippen LogP contribution in [0.25, 0.3) is 0 Å². The molecular formula is C13H25N3O3. The topological polar surface area (TPSA) is 72.9 Å². The Balaban J connectivity index is 2.14. The minimum Gasteiger partial charge on any atom is -0.480 e. The molecule has 1 aliphatic heterocycles. The van der Waals surface area contributed by atoms with Gasteiger partial charge in [-0.05, 0) is 12.3 Å². The summed E-state index contributed by atoms with van der Waals surface area (Å²) >= 11 is 0. The van der Waals surface area contributed by atoms with Gasteiger partial charge < -0.3 is 10.4 Å². The Morgan fingerprint density at radius 1 is 1.11 bits per heavy atom. The van der Waals surface area contributed by atoms with Crippen molar-refractivity contribution in [3.8, 4) is 0 Å². The second-order valence-electron chi connectivity index (χ2n) is 5.48. The molecular weight excluding hydrogens is 246 g/mol. The van der Waals surface area contributed by atoms with Gasteiger partial charge in [0.25, 0.3) is 0 Å². The number of carbonyl (C=O) groups excluding carboxylic acids is 1. The van der Waals surface area contributed by atoms with Crippen LogP contribution in [0.3, 0.4) is 0 Å². The van der Waals surface area contributed by atoms with Crippen molar-refractivity contribution in [3.05, 3.63) is 0 Å². The molecule has 110 valence electrons. The van der Waals surface area contributed by atoms with Crippen LogP contribution >= 0.6 is 0 Å². The molecule has 1 fully saturated rings. The van der Waals surface area contributed by atoms with Crippen molar-refractivity contribution < 1.29 is 14.7 Å². The molecule has 1 rings (SSSR count). The number of nitrogens with zero attached hydrogens (tertiary/aromatic N) is 2. The molecule has 0 aromatic carbocycles. The Morgan fingerprint density at radius 3 is 2.11 bits per heavy atom. The molecule has 2 N–H and O–H groups in total. The first-order valence-electron chi connectivity index (χ1n) is 6.90. The van der Waals surface area contributed by atoms with Gasteiger partial charge >= 0.3 is 5.97 Å². The van der Waals surface area contributed by atoms with Gasteiger partial charge in [-0.2, -0.15) is 0 Å². The average Bonchev–Trinajstić information content (AvgIpc) is 2.30. The van der Waals surface area contributed by atoms with Crippen molar-refractivity contribution in [3.63, 3.8) is 0 Å². The van der Waals surface area contributed by atoms with E-state index in [0.29, 0.717) is 25.6 Å². The van der Waals surface area contributed by atoms with Gasteiger partial charge in [0.05, 0.1) is 13.1 Å². The summed E-state index contributed by atoms with van der Waals surface area (Å²) in [5.41, 5.74) is 0. The van der Waals surface area contributed by atoms with Gasteiger partial charge in [0, 0.05) is 32.7 Å². The van der Waals surface area contributed by atoms with Gasteiger partial charge in [-0.1, -0.05) is 13.8 Å². The first kappa shape index (κ1) is 15.9. The molecule has 6 heteroatoms. The van der Waals surface area contributed by atoms with Crippen LogP contribution in [0.1, 0.15) is 20.3 Å². The maximum Gasteiger partial charge on any atom is 0.317 e. The van der Waals surface area contributed by atoms with Crippen molar-refractivity contribution >= 4 is 11.9 Å². The third-order valence-corrected chi connectivity index (χ3v) is 3.23. The minimum absolute atomic E-state index is 0.0623. The second kappa shape index (κ2) is 8.12. The Labute approximate surface area is 114 Å². The summed E-state index contributed by atoms with van der Waals surface area (Å²) in [5, 5.41) is 11.6. The van der Waals surface area contributed by atoms with E-state index in [4.69, 9.17) is 5.11 Å². The molecule has 19 heavy (non-hydrogen) atoms. The first-order valence-corrected chi connectivity index (χ1v) is 6.90. The highest BCUT2D eigenvalue weighted by Crippen LogP contribution is 2.01. The molecule has 6 nitrogen and oxygen atoms in total. The second-order valence-corrected chi connectivity index (χ2v) is 5.48. The van der Waals surface area contributed by atoms with E-state index < -0.39 is 5.97 Å². The third-order valence-electron chi connectivity index (χ3n) is 3.23. The number of piperazine rings is 1. The van der Waals surface area contributed by atoms with Crippen LogP contribution in [0.4, 0.5) is 0 Å².